The number of nitrogen functional groups attached to an aromatic ring is 1. The summed E-state index contributed by atoms with van der Waals surface area (Å²) >= 11 is 5.42. The summed E-state index contributed by atoms with van der Waals surface area (Å²) in [6.07, 6.45) is 7.20. The normalized spacial score (nSPS) is 11.3. The Hall–Kier alpha value is -0.680. The van der Waals surface area contributed by atoms with E-state index in [9.17, 15) is 0 Å². The second-order valence-corrected chi connectivity index (χ2v) is 6.56. The van der Waals surface area contributed by atoms with Crippen LogP contribution in [0.4, 0.5) is 5.95 Å². The Balaban J connectivity index is 1.96. The minimum atomic E-state index is 0.622. The average Bonchev–Trinajstić information content (AvgIpc) is 2.69. The first kappa shape index (κ1) is 14.7. The Morgan fingerprint density at radius 1 is 1.26 bits per heavy atom. The summed E-state index contributed by atoms with van der Waals surface area (Å²) in [7, 11) is 0. The third-order valence-corrected chi connectivity index (χ3v) is 4.41. The van der Waals surface area contributed by atoms with Gasteiger partial charge in [0.05, 0.1) is 11.0 Å². The molecule has 0 aliphatic rings. The molecular weight excluding hydrogens is 322 g/mol. The van der Waals surface area contributed by atoms with E-state index in [1.54, 1.807) is 0 Å². The van der Waals surface area contributed by atoms with Gasteiger partial charge in [-0.25, -0.2) is 4.98 Å². The predicted octanol–water partition coefficient (Wildman–Crippen LogP) is 4.30. The molecule has 0 saturated carbocycles. The van der Waals surface area contributed by atoms with Crippen molar-refractivity contribution in [3.63, 3.8) is 0 Å². The molecule has 3 nitrogen and oxygen atoms in total. The van der Waals surface area contributed by atoms with E-state index in [2.05, 4.69) is 37.8 Å². The Kier molecular flexibility index (Phi) is 5.58. The molecule has 0 bridgehead atoms. The molecule has 1 aromatic carbocycles. The summed E-state index contributed by atoms with van der Waals surface area (Å²) < 4.78 is 3.19. The Morgan fingerprint density at radius 3 is 2.84 bits per heavy atom. The van der Waals surface area contributed by atoms with Crippen LogP contribution < -0.4 is 5.73 Å². The molecule has 0 amide bonds. The highest BCUT2D eigenvalue weighted by molar-refractivity contribution is 9.10. The Labute approximate surface area is 127 Å². The number of imidazole rings is 1. The van der Waals surface area contributed by atoms with E-state index in [1.807, 2.05) is 23.9 Å². The number of anilines is 1. The van der Waals surface area contributed by atoms with Gasteiger partial charge in [0.25, 0.3) is 0 Å². The second kappa shape index (κ2) is 7.20. The zero-order valence-electron chi connectivity index (χ0n) is 11.2. The molecule has 0 aliphatic carbocycles. The Bertz CT molecular complexity index is 539. The number of halogens is 1. The smallest absolute Gasteiger partial charge is 0.201 e. The third kappa shape index (κ3) is 3.89. The summed E-state index contributed by atoms with van der Waals surface area (Å²) in [5.41, 5.74) is 8.10. The van der Waals surface area contributed by atoms with Crippen LogP contribution in [0, 0.1) is 0 Å². The highest BCUT2D eigenvalue weighted by atomic mass is 79.9. The van der Waals surface area contributed by atoms with Crippen LogP contribution in [-0.4, -0.2) is 21.6 Å². The van der Waals surface area contributed by atoms with Gasteiger partial charge in [-0.15, -0.1) is 0 Å². The van der Waals surface area contributed by atoms with Crippen LogP contribution in [0.25, 0.3) is 11.0 Å². The first-order chi connectivity index (χ1) is 9.22. The molecule has 0 aliphatic heterocycles. The number of rotatable bonds is 7. The molecule has 1 aromatic heterocycles. The highest BCUT2D eigenvalue weighted by Gasteiger charge is 2.07. The first-order valence-electron chi connectivity index (χ1n) is 6.62. The molecule has 0 spiro atoms. The van der Waals surface area contributed by atoms with Gasteiger partial charge in [0.2, 0.25) is 5.95 Å². The summed E-state index contributed by atoms with van der Waals surface area (Å²) in [5.74, 6) is 1.89. The fourth-order valence-corrected chi connectivity index (χ4v) is 3.06. The molecule has 104 valence electrons. The summed E-state index contributed by atoms with van der Waals surface area (Å²) in [6, 6.07) is 6.10. The van der Waals surface area contributed by atoms with E-state index in [0.717, 1.165) is 28.5 Å². The number of hydrogen-bond donors (Lipinski definition) is 1. The van der Waals surface area contributed by atoms with Gasteiger partial charge in [-0.1, -0.05) is 28.8 Å². The lowest BCUT2D eigenvalue weighted by atomic mass is 10.2. The molecular formula is C14H20BrN3S. The standard InChI is InChI=1S/C14H20BrN3S/c1-19-9-5-3-2-4-8-18-13-10-11(15)6-7-12(13)17-14(18)16/h6-7,10H,2-5,8-9H2,1H3,(H2,16,17). The average molecular weight is 342 g/mol. The van der Waals surface area contributed by atoms with Gasteiger partial charge >= 0.3 is 0 Å². The van der Waals surface area contributed by atoms with Gasteiger partial charge in [0.1, 0.15) is 0 Å². The number of benzene rings is 1. The van der Waals surface area contributed by atoms with Gasteiger partial charge in [-0.3, -0.25) is 0 Å². The summed E-state index contributed by atoms with van der Waals surface area (Å²) in [4.78, 5) is 4.40. The van der Waals surface area contributed by atoms with Gasteiger partial charge in [0, 0.05) is 11.0 Å². The molecule has 19 heavy (non-hydrogen) atoms. The van der Waals surface area contributed by atoms with Crippen molar-refractivity contribution < 1.29 is 0 Å². The number of hydrogen-bond acceptors (Lipinski definition) is 3. The van der Waals surface area contributed by atoms with Crippen molar-refractivity contribution in [2.45, 2.75) is 32.2 Å². The molecule has 0 saturated heterocycles. The number of thioether (sulfide) groups is 1. The van der Waals surface area contributed by atoms with E-state index < -0.39 is 0 Å². The lowest BCUT2D eigenvalue weighted by Gasteiger charge is -2.06. The van der Waals surface area contributed by atoms with Crippen molar-refractivity contribution in [2.24, 2.45) is 0 Å². The maximum Gasteiger partial charge on any atom is 0.201 e. The summed E-state index contributed by atoms with van der Waals surface area (Å²) in [5, 5.41) is 0. The van der Waals surface area contributed by atoms with Gasteiger partial charge < -0.3 is 10.3 Å². The predicted molar refractivity (Wildman–Crippen MR) is 88.7 cm³/mol. The topological polar surface area (TPSA) is 43.8 Å². The largest absolute Gasteiger partial charge is 0.369 e. The van der Waals surface area contributed by atoms with Crippen molar-refractivity contribution in [3.8, 4) is 0 Å². The zero-order chi connectivity index (χ0) is 13.7. The minimum Gasteiger partial charge on any atom is -0.369 e. The van der Waals surface area contributed by atoms with E-state index in [-0.39, 0.29) is 0 Å². The van der Waals surface area contributed by atoms with E-state index >= 15 is 0 Å². The van der Waals surface area contributed by atoms with Gasteiger partial charge in [-0.05, 0) is 43.0 Å². The lowest BCUT2D eigenvalue weighted by molar-refractivity contribution is 0.597. The quantitative estimate of drug-likeness (QED) is 0.763. The number of nitrogens with zero attached hydrogens (tertiary/aromatic N) is 2. The Morgan fingerprint density at radius 2 is 2.05 bits per heavy atom. The van der Waals surface area contributed by atoms with E-state index in [4.69, 9.17) is 5.73 Å². The molecule has 0 fully saturated rings. The van der Waals surface area contributed by atoms with Crippen LogP contribution in [0.2, 0.25) is 0 Å². The SMILES string of the molecule is CSCCCCCCn1c(N)nc2ccc(Br)cc21. The van der Waals surface area contributed by atoms with Crippen molar-refractivity contribution in [1.82, 2.24) is 9.55 Å². The van der Waals surface area contributed by atoms with E-state index in [0.29, 0.717) is 5.95 Å². The molecule has 2 rings (SSSR count). The van der Waals surface area contributed by atoms with Gasteiger partial charge in [-0.2, -0.15) is 11.8 Å². The maximum atomic E-state index is 6.00. The monoisotopic (exact) mass is 341 g/mol. The second-order valence-electron chi connectivity index (χ2n) is 4.66. The highest BCUT2D eigenvalue weighted by Crippen LogP contribution is 2.22. The van der Waals surface area contributed by atoms with Crippen LogP contribution in [-0.2, 0) is 6.54 Å². The third-order valence-electron chi connectivity index (χ3n) is 3.22. The van der Waals surface area contributed by atoms with Crippen LogP contribution in [0.1, 0.15) is 25.7 Å². The fourth-order valence-electron chi connectivity index (χ4n) is 2.22. The fraction of sp³-hybridized carbons (Fsp3) is 0.500. The molecule has 0 atom stereocenters. The zero-order valence-corrected chi connectivity index (χ0v) is 13.6. The number of fused-ring (bicyclic) bond motifs is 1. The van der Waals surface area contributed by atoms with Crippen molar-refractivity contribution in [2.75, 3.05) is 17.7 Å². The van der Waals surface area contributed by atoms with Crippen LogP contribution >= 0.6 is 27.7 Å². The molecule has 5 heteroatoms. The number of aryl methyl sites for hydroxylation is 1. The molecule has 2 N–H and O–H groups in total. The van der Waals surface area contributed by atoms with Gasteiger partial charge in [0.15, 0.2) is 0 Å². The van der Waals surface area contributed by atoms with Crippen LogP contribution in [0.15, 0.2) is 22.7 Å². The molecule has 0 radical (unpaired) electrons. The molecule has 1 heterocycles. The number of unbranched alkanes of at least 4 members (excludes halogenated alkanes) is 3. The van der Waals surface area contributed by atoms with E-state index in [1.165, 1.54) is 25.0 Å². The minimum absolute atomic E-state index is 0.622. The van der Waals surface area contributed by atoms with Crippen LogP contribution in [0.5, 0.6) is 0 Å². The summed E-state index contributed by atoms with van der Waals surface area (Å²) in [6.45, 7) is 0.956. The van der Waals surface area contributed by atoms with Crippen molar-refractivity contribution >= 4 is 44.7 Å². The molecule has 2 aromatic rings. The van der Waals surface area contributed by atoms with Crippen molar-refractivity contribution in [3.05, 3.63) is 22.7 Å². The lowest BCUT2D eigenvalue weighted by Crippen LogP contribution is -2.03. The van der Waals surface area contributed by atoms with Crippen molar-refractivity contribution in [1.29, 1.82) is 0 Å². The number of nitrogens with two attached hydrogens (primary N) is 1. The molecule has 0 unspecified atom stereocenters. The number of aromatic nitrogens is 2. The van der Waals surface area contributed by atoms with Crippen LogP contribution in [0.3, 0.4) is 0 Å². The maximum absolute atomic E-state index is 6.00. The first-order valence-corrected chi connectivity index (χ1v) is 8.81.